The number of nitrogens with one attached hydrogen (secondary N) is 1. The first-order chi connectivity index (χ1) is 16.5. The molecule has 3 aromatic carbocycles. The molecule has 0 unspecified atom stereocenters. The molecule has 1 fully saturated rings. The number of hydrogen-bond donors (Lipinski definition) is 1. The lowest BCUT2D eigenvalue weighted by atomic mass is 9.87. The Morgan fingerprint density at radius 3 is 2.03 bits per heavy atom. The second kappa shape index (κ2) is 11.9. The maximum Gasteiger partial charge on any atom is 0.232 e. The Hall–Kier alpha value is -2.33. The summed E-state index contributed by atoms with van der Waals surface area (Å²) in [4.78, 5) is 15.7. The molecule has 1 saturated heterocycles. The van der Waals surface area contributed by atoms with Gasteiger partial charge in [-0.2, -0.15) is 0 Å². The number of hydrogen-bond acceptors (Lipinski definition) is 2. The number of likely N-dealkylation sites (tertiary alicyclic amines) is 1. The Morgan fingerprint density at radius 2 is 1.47 bits per heavy atom. The highest BCUT2D eigenvalue weighted by Crippen LogP contribution is 2.30. The van der Waals surface area contributed by atoms with Crippen molar-refractivity contribution in [2.45, 2.75) is 38.0 Å². The van der Waals surface area contributed by atoms with Crippen LogP contribution in [-0.4, -0.2) is 37.0 Å². The number of carbonyl (C=O) groups excluding carboxylic acids is 1. The minimum atomic E-state index is -0.389. The van der Waals surface area contributed by atoms with Gasteiger partial charge in [0.15, 0.2) is 0 Å². The highest BCUT2D eigenvalue weighted by atomic mass is 35.5. The molecular weight excluding hydrogens is 463 g/mol. The Bertz CT molecular complexity index is 1030. The Balaban J connectivity index is 1.28. The molecule has 0 bridgehead atoms. The van der Waals surface area contributed by atoms with Gasteiger partial charge in [0.05, 0.1) is 5.92 Å². The zero-order chi connectivity index (χ0) is 23.9. The summed E-state index contributed by atoms with van der Waals surface area (Å²) >= 11 is 12.1. The van der Waals surface area contributed by atoms with E-state index in [9.17, 15) is 4.79 Å². The average molecular weight is 495 g/mol. The van der Waals surface area contributed by atoms with Crippen LogP contribution in [0.5, 0.6) is 0 Å². The molecule has 0 radical (unpaired) electrons. The Labute approximate surface area is 213 Å². The van der Waals surface area contributed by atoms with E-state index in [4.69, 9.17) is 23.2 Å². The van der Waals surface area contributed by atoms with Crippen molar-refractivity contribution in [2.75, 3.05) is 26.2 Å². The maximum atomic E-state index is 13.2. The zero-order valence-corrected chi connectivity index (χ0v) is 21.2. The molecule has 5 heteroatoms. The molecule has 0 saturated carbocycles. The van der Waals surface area contributed by atoms with E-state index in [1.165, 1.54) is 24.0 Å². The lowest BCUT2D eigenvalue weighted by Crippen LogP contribution is -2.36. The molecule has 1 heterocycles. The monoisotopic (exact) mass is 494 g/mol. The lowest BCUT2D eigenvalue weighted by Gasteiger charge is -2.32. The third-order valence-electron chi connectivity index (χ3n) is 6.84. The number of benzene rings is 3. The van der Waals surface area contributed by atoms with Gasteiger partial charge in [0.25, 0.3) is 0 Å². The van der Waals surface area contributed by atoms with E-state index in [-0.39, 0.29) is 11.8 Å². The number of amides is 1. The van der Waals surface area contributed by atoms with E-state index in [0.717, 1.165) is 37.2 Å². The van der Waals surface area contributed by atoms with Crippen LogP contribution in [0.2, 0.25) is 10.0 Å². The van der Waals surface area contributed by atoms with E-state index >= 15 is 0 Å². The molecule has 34 heavy (non-hydrogen) atoms. The molecule has 0 spiro atoms. The minimum absolute atomic E-state index is 0.00269. The number of halogens is 2. The van der Waals surface area contributed by atoms with Gasteiger partial charge in [-0.25, -0.2) is 0 Å². The van der Waals surface area contributed by atoms with Crippen LogP contribution >= 0.6 is 23.2 Å². The van der Waals surface area contributed by atoms with E-state index < -0.39 is 0 Å². The van der Waals surface area contributed by atoms with Crippen LogP contribution < -0.4 is 5.32 Å². The van der Waals surface area contributed by atoms with Gasteiger partial charge in [0.1, 0.15) is 0 Å². The van der Waals surface area contributed by atoms with Gasteiger partial charge in [-0.05, 0) is 98.3 Å². The molecule has 178 valence electrons. The van der Waals surface area contributed by atoms with Crippen molar-refractivity contribution in [3.8, 4) is 0 Å². The first kappa shape index (κ1) is 24.8. The highest BCUT2D eigenvalue weighted by Gasteiger charge is 2.24. The SMILES string of the molecule is Cc1ccccc1C1CCN(CCCNC(=O)C(c2ccc(Cl)cc2)c2ccc(Cl)cc2)CC1. The zero-order valence-electron chi connectivity index (χ0n) is 19.6. The smallest absolute Gasteiger partial charge is 0.232 e. The molecule has 1 amide bonds. The predicted molar refractivity (Wildman–Crippen MR) is 142 cm³/mol. The van der Waals surface area contributed by atoms with Gasteiger partial charge in [-0.1, -0.05) is 71.7 Å². The highest BCUT2D eigenvalue weighted by molar-refractivity contribution is 6.30. The van der Waals surface area contributed by atoms with Gasteiger partial charge >= 0.3 is 0 Å². The van der Waals surface area contributed by atoms with Crippen LogP contribution in [0, 0.1) is 6.92 Å². The van der Waals surface area contributed by atoms with Crippen molar-refractivity contribution in [2.24, 2.45) is 0 Å². The predicted octanol–water partition coefficient (Wildman–Crippen LogP) is 6.82. The molecule has 1 aliphatic rings. The van der Waals surface area contributed by atoms with E-state index in [1.807, 2.05) is 48.5 Å². The largest absolute Gasteiger partial charge is 0.355 e. The molecule has 0 aliphatic carbocycles. The molecular formula is C29H32Cl2N2O. The molecule has 3 nitrogen and oxygen atoms in total. The summed E-state index contributed by atoms with van der Waals surface area (Å²) in [7, 11) is 0. The van der Waals surface area contributed by atoms with Crippen LogP contribution in [0.4, 0.5) is 0 Å². The van der Waals surface area contributed by atoms with Crippen LogP contribution in [-0.2, 0) is 4.79 Å². The van der Waals surface area contributed by atoms with Crippen LogP contribution in [0.1, 0.15) is 53.4 Å². The van der Waals surface area contributed by atoms with Gasteiger partial charge in [-0.3, -0.25) is 4.79 Å². The van der Waals surface area contributed by atoms with Gasteiger partial charge in [0, 0.05) is 16.6 Å². The number of rotatable bonds is 8. The summed E-state index contributed by atoms with van der Waals surface area (Å²) < 4.78 is 0. The van der Waals surface area contributed by atoms with E-state index in [0.29, 0.717) is 22.5 Å². The molecule has 1 N–H and O–H groups in total. The van der Waals surface area contributed by atoms with Crippen molar-refractivity contribution < 1.29 is 4.79 Å². The first-order valence-electron chi connectivity index (χ1n) is 12.1. The number of aryl methyl sites for hydroxylation is 1. The average Bonchev–Trinajstić information content (AvgIpc) is 2.85. The summed E-state index contributed by atoms with van der Waals surface area (Å²) in [5, 5.41) is 4.47. The lowest BCUT2D eigenvalue weighted by molar-refractivity contribution is -0.121. The summed E-state index contributed by atoms with van der Waals surface area (Å²) in [6, 6.07) is 23.7. The van der Waals surface area contributed by atoms with Crippen molar-refractivity contribution in [1.29, 1.82) is 0 Å². The van der Waals surface area contributed by atoms with Crippen LogP contribution in [0.15, 0.2) is 72.8 Å². The molecule has 0 aromatic heterocycles. The topological polar surface area (TPSA) is 32.3 Å². The third-order valence-corrected chi connectivity index (χ3v) is 7.34. The second-order valence-corrected chi connectivity index (χ2v) is 10.0. The Morgan fingerprint density at radius 1 is 0.912 bits per heavy atom. The van der Waals surface area contributed by atoms with E-state index in [1.54, 1.807) is 0 Å². The van der Waals surface area contributed by atoms with Crippen molar-refractivity contribution in [1.82, 2.24) is 10.2 Å². The number of nitrogens with zero attached hydrogens (tertiary/aromatic N) is 1. The quantitative estimate of drug-likeness (QED) is 0.348. The number of piperidine rings is 1. The van der Waals surface area contributed by atoms with E-state index in [2.05, 4.69) is 41.4 Å². The van der Waals surface area contributed by atoms with Crippen molar-refractivity contribution in [3.63, 3.8) is 0 Å². The summed E-state index contributed by atoms with van der Waals surface area (Å²) in [6.45, 7) is 6.11. The van der Waals surface area contributed by atoms with Gasteiger partial charge in [-0.15, -0.1) is 0 Å². The third kappa shape index (κ3) is 6.41. The standard InChI is InChI=1S/C29H32Cl2N2O/c1-21-5-2-3-6-27(21)22-15-19-33(20-16-22)18-4-17-32-29(34)28(23-7-11-25(30)12-8-23)24-9-13-26(31)14-10-24/h2-3,5-14,22,28H,4,15-20H2,1H3,(H,32,34). The van der Waals surface area contributed by atoms with Gasteiger partial charge < -0.3 is 10.2 Å². The molecule has 1 aliphatic heterocycles. The fraction of sp³-hybridized carbons (Fsp3) is 0.345. The van der Waals surface area contributed by atoms with Crippen molar-refractivity contribution in [3.05, 3.63) is 105 Å². The summed E-state index contributed by atoms with van der Waals surface area (Å²) in [5.41, 5.74) is 4.74. The maximum absolute atomic E-state index is 13.2. The van der Waals surface area contributed by atoms with Crippen LogP contribution in [0.25, 0.3) is 0 Å². The summed E-state index contributed by atoms with van der Waals surface area (Å²) in [5.74, 6) is 0.277. The first-order valence-corrected chi connectivity index (χ1v) is 12.8. The fourth-order valence-electron chi connectivity index (χ4n) is 4.93. The molecule has 0 atom stereocenters. The molecule has 4 rings (SSSR count). The normalized spacial score (nSPS) is 14.9. The molecule has 3 aromatic rings. The fourth-order valence-corrected chi connectivity index (χ4v) is 5.19. The second-order valence-electron chi connectivity index (χ2n) is 9.15. The van der Waals surface area contributed by atoms with Crippen LogP contribution in [0.3, 0.4) is 0 Å². The minimum Gasteiger partial charge on any atom is -0.355 e. The van der Waals surface area contributed by atoms with Gasteiger partial charge in [0.2, 0.25) is 5.91 Å². The Kier molecular flexibility index (Phi) is 8.66. The van der Waals surface area contributed by atoms with Crippen molar-refractivity contribution >= 4 is 29.1 Å². The summed E-state index contributed by atoms with van der Waals surface area (Å²) in [6.07, 6.45) is 3.34. The number of carbonyl (C=O) groups is 1.